The van der Waals surface area contributed by atoms with E-state index < -0.39 is 6.67 Å². The number of alkyl halides is 1. The molecule has 17 heavy (non-hydrogen) atoms. The molecule has 1 N–H and O–H groups in total. The lowest BCUT2D eigenvalue weighted by Gasteiger charge is -2.34. The lowest BCUT2D eigenvalue weighted by Crippen LogP contribution is -2.45. The molecule has 0 saturated carbocycles. The summed E-state index contributed by atoms with van der Waals surface area (Å²) < 4.78 is 13.3. The van der Waals surface area contributed by atoms with E-state index in [0.29, 0.717) is 10.0 Å². The maximum atomic E-state index is 13.3. The normalized spacial score (nSPS) is 19.2. The molecular formula is C12H15Cl2FN2. The van der Waals surface area contributed by atoms with Crippen LogP contribution in [0.5, 0.6) is 0 Å². The van der Waals surface area contributed by atoms with E-state index in [2.05, 4.69) is 10.2 Å². The van der Waals surface area contributed by atoms with Crippen LogP contribution >= 0.6 is 23.2 Å². The molecule has 2 nitrogen and oxygen atoms in total. The minimum absolute atomic E-state index is 0.289. The Balaban J connectivity index is 2.24. The Kier molecular flexibility index (Phi) is 4.62. The van der Waals surface area contributed by atoms with E-state index in [4.69, 9.17) is 23.2 Å². The monoisotopic (exact) mass is 276 g/mol. The zero-order valence-corrected chi connectivity index (χ0v) is 10.9. The number of benzene rings is 1. The number of nitrogens with one attached hydrogen (secondary N) is 1. The molecule has 0 aliphatic carbocycles. The van der Waals surface area contributed by atoms with Gasteiger partial charge in [0.15, 0.2) is 0 Å². The third kappa shape index (κ3) is 2.91. The molecule has 1 heterocycles. The Morgan fingerprint density at radius 3 is 2.65 bits per heavy atom. The van der Waals surface area contributed by atoms with Gasteiger partial charge in [0, 0.05) is 26.2 Å². The molecule has 0 bridgehead atoms. The first kappa shape index (κ1) is 13.1. The molecule has 1 aliphatic heterocycles. The Morgan fingerprint density at radius 1 is 1.29 bits per heavy atom. The molecule has 1 atom stereocenters. The second-order valence-corrected chi connectivity index (χ2v) is 4.88. The summed E-state index contributed by atoms with van der Waals surface area (Å²) in [5, 5.41) is 4.20. The minimum Gasteiger partial charge on any atom is -0.314 e. The predicted molar refractivity (Wildman–Crippen MR) is 69.6 cm³/mol. The van der Waals surface area contributed by atoms with E-state index in [0.717, 1.165) is 31.7 Å². The van der Waals surface area contributed by atoms with Crippen LogP contribution in [0.15, 0.2) is 18.2 Å². The van der Waals surface area contributed by atoms with Gasteiger partial charge in [0.25, 0.3) is 0 Å². The van der Waals surface area contributed by atoms with Crippen LogP contribution in [0.2, 0.25) is 10.0 Å². The molecule has 0 radical (unpaired) electrons. The first-order valence-corrected chi connectivity index (χ1v) is 6.44. The van der Waals surface area contributed by atoms with Crippen molar-refractivity contribution in [3.05, 3.63) is 33.8 Å². The summed E-state index contributed by atoms with van der Waals surface area (Å²) in [6.07, 6.45) is 0. The first-order chi connectivity index (χ1) is 8.24. The van der Waals surface area contributed by atoms with Crippen LogP contribution < -0.4 is 5.32 Å². The van der Waals surface area contributed by atoms with E-state index in [1.165, 1.54) is 0 Å². The highest BCUT2D eigenvalue weighted by atomic mass is 35.5. The molecule has 0 spiro atoms. The Labute approximate surface area is 111 Å². The van der Waals surface area contributed by atoms with E-state index in [1.807, 2.05) is 12.1 Å². The molecule has 1 aromatic rings. The standard InChI is InChI=1S/C12H15Cl2FN2/c13-10-3-1-2-9(12(10)14)11(8-15)17-6-4-16-5-7-17/h1-3,11,16H,4-8H2/t11-/m1/s1. The Bertz CT molecular complexity index is 381. The summed E-state index contributed by atoms with van der Waals surface area (Å²) in [5.41, 5.74) is 0.781. The smallest absolute Gasteiger partial charge is 0.109 e. The molecule has 0 unspecified atom stereocenters. The molecule has 0 aromatic heterocycles. The van der Waals surface area contributed by atoms with Crippen molar-refractivity contribution in [1.82, 2.24) is 10.2 Å². The predicted octanol–water partition coefficient (Wildman–Crippen LogP) is 2.91. The van der Waals surface area contributed by atoms with Crippen LogP contribution in [0.4, 0.5) is 4.39 Å². The van der Waals surface area contributed by atoms with Gasteiger partial charge in [-0.25, -0.2) is 4.39 Å². The Morgan fingerprint density at radius 2 is 2.00 bits per heavy atom. The van der Waals surface area contributed by atoms with Gasteiger partial charge < -0.3 is 5.32 Å². The van der Waals surface area contributed by atoms with E-state index >= 15 is 0 Å². The van der Waals surface area contributed by atoms with Crippen molar-refractivity contribution in [2.75, 3.05) is 32.9 Å². The lowest BCUT2D eigenvalue weighted by atomic mass is 10.1. The van der Waals surface area contributed by atoms with Gasteiger partial charge in [-0.2, -0.15) is 0 Å². The quantitative estimate of drug-likeness (QED) is 0.913. The lowest BCUT2D eigenvalue weighted by molar-refractivity contribution is 0.147. The molecule has 2 rings (SSSR count). The van der Waals surface area contributed by atoms with Crippen molar-refractivity contribution in [2.24, 2.45) is 0 Å². The van der Waals surface area contributed by atoms with Gasteiger partial charge in [-0.15, -0.1) is 0 Å². The summed E-state index contributed by atoms with van der Waals surface area (Å²) in [4.78, 5) is 2.11. The highest BCUT2D eigenvalue weighted by molar-refractivity contribution is 6.42. The third-order valence-corrected chi connectivity index (χ3v) is 3.91. The summed E-state index contributed by atoms with van der Waals surface area (Å²) in [6.45, 7) is 2.98. The zero-order valence-electron chi connectivity index (χ0n) is 9.43. The van der Waals surface area contributed by atoms with Crippen molar-refractivity contribution < 1.29 is 4.39 Å². The van der Waals surface area contributed by atoms with Crippen LogP contribution in [0, 0.1) is 0 Å². The number of halogens is 3. The van der Waals surface area contributed by atoms with Crippen molar-refractivity contribution >= 4 is 23.2 Å². The number of piperazine rings is 1. The fourth-order valence-corrected chi connectivity index (χ4v) is 2.58. The van der Waals surface area contributed by atoms with Crippen molar-refractivity contribution in [2.45, 2.75) is 6.04 Å². The van der Waals surface area contributed by atoms with Gasteiger partial charge in [0.05, 0.1) is 16.1 Å². The highest BCUT2D eigenvalue weighted by Crippen LogP contribution is 2.33. The average molecular weight is 277 g/mol. The minimum atomic E-state index is -0.444. The second-order valence-electron chi connectivity index (χ2n) is 4.10. The van der Waals surface area contributed by atoms with Crippen LogP contribution in [0.25, 0.3) is 0 Å². The van der Waals surface area contributed by atoms with Gasteiger partial charge in [-0.05, 0) is 11.6 Å². The third-order valence-electron chi connectivity index (χ3n) is 3.08. The van der Waals surface area contributed by atoms with Crippen molar-refractivity contribution in [3.8, 4) is 0 Å². The van der Waals surface area contributed by atoms with E-state index in [9.17, 15) is 4.39 Å². The number of hydrogen-bond donors (Lipinski definition) is 1. The number of hydrogen-bond acceptors (Lipinski definition) is 2. The number of rotatable bonds is 3. The summed E-state index contributed by atoms with van der Waals surface area (Å²) in [5.74, 6) is 0. The van der Waals surface area contributed by atoms with Crippen LogP contribution in [0.1, 0.15) is 11.6 Å². The molecule has 1 fully saturated rings. The van der Waals surface area contributed by atoms with Crippen molar-refractivity contribution in [1.29, 1.82) is 0 Å². The maximum Gasteiger partial charge on any atom is 0.109 e. The van der Waals surface area contributed by atoms with Gasteiger partial charge in [-0.1, -0.05) is 35.3 Å². The molecule has 94 valence electrons. The van der Waals surface area contributed by atoms with Gasteiger partial charge >= 0.3 is 0 Å². The topological polar surface area (TPSA) is 15.3 Å². The average Bonchev–Trinajstić information content (AvgIpc) is 2.37. The van der Waals surface area contributed by atoms with Gasteiger partial charge in [0.2, 0.25) is 0 Å². The molecule has 1 aromatic carbocycles. The first-order valence-electron chi connectivity index (χ1n) is 5.68. The fraction of sp³-hybridized carbons (Fsp3) is 0.500. The molecule has 1 aliphatic rings. The fourth-order valence-electron chi connectivity index (χ4n) is 2.15. The maximum absolute atomic E-state index is 13.3. The molecular weight excluding hydrogens is 262 g/mol. The largest absolute Gasteiger partial charge is 0.314 e. The van der Waals surface area contributed by atoms with Crippen LogP contribution in [-0.2, 0) is 0 Å². The van der Waals surface area contributed by atoms with Gasteiger partial charge in [0.1, 0.15) is 6.67 Å². The van der Waals surface area contributed by atoms with E-state index in [1.54, 1.807) is 6.07 Å². The SMILES string of the molecule is FC[C@H](c1cccc(Cl)c1Cl)N1CCNCC1. The zero-order chi connectivity index (χ0) is 12.3. The molecule has 1 saturated heterocycles. The summed E-state index contributed by atoms with van der Waals surface area (Å²) >= 11 is 12.1. The highest BCUT2D eigenvalue weighted by Gasteiger charge is 2.24. The Hall–Kier alpha value is -0.350. The second kappa shape index (κ2) is 6.01. The molecule has 0 amide bonds. The van der Waals surface area contributed by atoms with E-state index in [-0.39, 0.29) is 6.04 Å². The van der Waals surface area contributed by atoms with Crippen LogP contribution in [-0.4, -0.2) is 37.8 Å². The number of nitrogens with zero attached hydrogens (tertiary/aromatic N) is 1. The summed E-state index contributed by atoms with van der Waals surface area (Å²) in [6, 6.07) is 5.10. The van der Waals surface area contributed by atoms with Crippen molar-refractivity contribution in [3.63, 3.8) is 0 Å². The summed E-state index contributed by atoms with van der Waals surface area (Å²) in [7, 11) is 0. The van der Waals surface area contributed by atoms with Crippen LogP contribution in [0.3, 0.4) is 0 Å². The molecule has 5 heteroatoms. The van der Waals surface area contributed by atoms with Gasteiger partial charge in [-0.3, -0.25) is 4.90 Å².